The van der Waals surface area contributed by atoms with Crippen LogP contribution in [-0.2, 0) is 13.2 Å². The molecule has 7 nitrogen and oxygen atoms in total. The summed E-state index contributed by atoms with van der Waals surface area (Å²) in [6.45, 7) is 0.843. The van der Waals surface area contributed by atoms with E-state index in [-0.39, 0.29) is 11.4 Å². The maximum atomic E-state index is 13.6. The molecule has 0 radical (unpaired) electrons. The summed E-state index contributed by atoms with van der Waals surface area (Å²) in [6.07, 6.45) is 2.55. The topological polar surface area (TPSA) is 73.4 Å². The highest BCUT2D eigenvalue weighted by atomic mass is 19.1. The number of ether oxygens (including phenoxy) is 1. The Morgan fingerprint density at radius 2 is 2.29 bits per heavy atom. The molecule has 2 rings (SSSR count). The molecule has 112 valence electrons. The number of methoxy groups -OCH3 is 1. The molecule has 0 N–H and O–H groups in total. The van der Waals surface area contributed by atoms with Crippen molar-refractivity contribution in [2.45, 2.75) is 13.2 Å². The van der Waals surface area contributed by atoms with Crippen LogP contribution in [0.4, 0.5) is 10.1 Å². The molecule has 0 saturated carbocycles. The number of hydrogen-bond donors (Lipinski definition) is 0. The van der Waals surface area contributed by atoms with Crippen LogP contribution in [0.5, 0.6) is 5.75 Å². The van der Waals surface area contributed by atoms with Crippen LogP contribution in [0.25, 0.3) is 0 Å². The van der Waals surface area contributed by atoms with Crippen molar-refractivity contribution in [1.29, 1.82) is 0 Å². The number of nitrogens with zero attached hydrogens (tertiary/aromatic N) is 4. The van der Waals surface area contributed by atoms with E-state index in [1.807, 2.05) is 11.9 Å². The second-order valence-corrected chi connectivity index (χ2v) is 4.62. The first kappa shape index (κ1) is 14.9. The molecule has 0 aliphatic carbocycles. The number of aromatic nitrogens is 2. The van der Waals surface area contributed by atoms with Gasteiger partial charge in [0.05, 0.1) is 18.7 Å². The zero-order valence-corrected chi connectivity index (χ0v) is 11.7. The smallest absolute Gasteiger partial charge is 0.307 e. The Labute approximate surface area is 120 Å². The summed E-state index contributed by atoms with van der Waals surface area (Å²) < 4.78 is 19.9. The molecule has 0 fully saturated rings. The third kappa shape index (κ3) is 3.76. The number of rotatable bonds is 6. The van der Waals surface area contributed by atoms with Gasteiger partial charge in [0.25, 0.3) is 0 Å². The van der Waals surface area contributed by atoms with E-state index in [0.29, 0.717) is 13.2 Å². The van der Waals surface area contributed by atoms with Crippen molar-refractivity contribution < 1.29 is 14.1 Å². The summed E-state index contributed by atoms with van der Waals surface area (Å²) in [4.78, 5) is 11.9. The third-order valence-corrected chi connectivity index (χ3v) is 2.89. The van der Waals surface area contributed by atoms with Crippen molar-refractivity contribution in [3.05, 3.63) is 52.1 Å². The lowest BCUT2D eigenvalue weighted by Gasteiger charge is -2.16. The lowest BCUT2D eigenvalue weighted by Crippen LogP contribution is -2.21. The zero-order valence-electron chi connectivity index (χ0n) is 11.7. The molecule has 1 heterocycles. The van der Waals surface area contributed by atoms with E-state index in [1.54, 1.807) is 12.1 Å². The van der Waals surface area contributed by atoms with Crippen molar-refractivity contribution in [1.82, 2.24) is 14.7 Å². The predicted molar refractivity (Wildman–Crippen MR) is 73.3 cm³/mol. The van der Waals surface area contributed by atoms with Gasteiger partial charge in [-0.05, 0) is 24.7 Å². The van der Waals surface area contributed by atoms with Crippen molar-refractivity contribution in [3.8, 4) is 5.75 Å². The summed E-state index contributed by atoms with van der Waals surface area (Å²) in [5, 5.41) is 14.5. The van der Waals surface area contributed by atoms with Crippen LogP contribution in [0.2, 0.25) is 0 Å². The number of halogens is 1. The Kier molecular flexibility index (Phi) is 4.49. The van der Waals surface area contributed by atoms with Gasteiger partial charge in [-0.25, -0.2) is 4.39 Å². The van der Waals surface area contributed by atoms with Gasteiger partial charge in [-0.1, -0.05) is 6.07 Å². The summed E-state index contributed by atoms with van der Waals surface area (Å²) >= 11 is 0. The molecule has 2 aromatic rings. The van der Waals surface area contributed by atoms with Crippen molar-refractivity contribution in [2.24, 2.45) is 0 Å². The van der Waals surface area contributed by atoms with E-state index >= 15 is 0 Å². The van der Waals surface area contributed by atoms with Gasteiger partial charge in [0.15, 0.2) is 11.6 Å². The van der Waals surface area contributed by atoms with Gasteiger partial charge in [0.1, 0.15) is 12.4 Å². The molecule has 0 aliphatic rings. The van der Waals surface area contributed by atoms with Gasteiger partial charge >= 0.3 is 5.69 Å². The molecule has 0 saturated heterocycles. The highest BCUT2D eigenvalue weighted by molar-refractivity contribution is 5.29. The summed E-state index contributed by atoms with van der Waals surface area (Å²) in [6, 6.07) is 4.74. The largest absolute Gasteiger partial charge is 0.494 e. The molecule has 0 spiro atoms. The first-order valence-electron chi connectivity index (χ1n) is 6.17. The fraction of sp³-hybridized carbons (Fsp3) is 0.308. The zero-order chi connectivity index (χ0) is 15.4. The average Bonchev–Trinajstić information content (AvgIpc) is 2.87. The molecule has 1 aromatic carbocycles. The van der Waals surface area contributed by atoms with E-state index in [2.05, 4.69) is 5.10 Å². The SMILES string of the molecule is COc1ccc(CN(C)Cn2cc([N+](=O)[O-])cn2)cc1F. The molecule has 1 aromatic heterocycles. The fourth-order valence-corrected chi connectivity index (χ4v) is 1.94. The first-order valence-corrected chi connectivity index (χ1v) is 6.17. The minimum absolute atomic E-state index is 0.0566. The maximum absolute atomic E-state index is 13.6. The minimum atomic E-state index is -0.498. The second kappa shape index (κ2) is 6.31. The Hall–Kier alpha value is -2.48. The summed E-state index contributed by atoms with van der Waals surface area (Å²) in [7, 11) is 3.23. The Balaban J connectivity index is 1.99. The van der Waals surface area contributed by atoms with Gasteiger partial charge in [-0.15, -0.1) is 0 Å². The van der Waals surface area contributed by atoms with Gasteiger partial charge in [0.2, 0.25) is 0 Å². The Morgan fingerprint density at radius 3 is 2.86 bits per heavy atom. The monoisotopic (exact) mass is 294 g/mol. The number of hydrogen-bond acceptors (Lipinski definition) is 5. The highest BCUT2D eigenvalue weighted by Gasteiger charge is 2.11. The lowest BCUT2D eigenvalue weighted by atomic mass is 10.2. The van der Waals surface area contributed by atoms with E-state index < -0.39 is 10.7 Å². The summed E-state index contributed by atoms with van der Waals surface area (Å²) in [5.41, 5.74) is 0.719. The molecular formula is C13H15FN4O3. The quantitative estimate of drug-likeness (QED) is 0.602. The lowest BCUT2D eigenvalue weighted by molar-refractivity contribution is -0.385. The van der Waals surface area contributed by atoms with Gasteiger partial charge in [0, 0.05) is 6.54 Å². The van der Waals surface area contributed by atoms with E-state index in [1.165, 1.54) is 30.3 Å². The van der Waals surface area contributed by atoms with Crippen molar-refractivity contribution >= 4 is 5.69 Å². The van der Waals surface area contributed by atoms with E-state index in [4.69, 9.17) is 4.74 Å². The molecule has 8 heteroatoms. The minimum Gasteiger partial charge on any atom is -0.494 e. The van der Waals surface area contributed by atoms with Crippen molar-refractivity contribution in [2.75, 3.05) is 14.2 Å². The molecule has 0 bridgehead atoms. The molecular weight excluding hydrogens is 279 g/mol. The van der Waals surface area contributed by atoms with Crippen LogP contribution in [0.3, 0.4) is 0 Å². The van der Waals surface area contributed by atoms with E-state index in [9.17, 15) is 14.5 Å². The third-order valence-electron chi connectivity index (χ3n) is 2.89. The first-order chi connectivity index (χ1) is 9.99. The van der Waals surface area contributed by atoms with Gasteiger partial charge in [-0.2, -0.15) is 5.10 Å². The Morgan fingerprint density at radius 1 is 1.52 bits per heavy atom. The predicted octanol–water partition coefficient (Wildman–Crippen LogP) is 2.03. The maximum Gasteiger partial charge on any atom is 0.307 e. The van der Waals surface area contributed by atoms with Crippen LogP contribution in [-0.4, -0.2) is 33.8 Å². The number of nitro groups is 1. The fourth-order valence-electron chi connectivity index (χ4n) is 1.94. The standard InChI is InChI=1S/C13H15FN4O3/c1-16(9-17-8-11(6-15-17)18(19)20)7-10-3-4-13(21-2)12(14)5-10/h3-6,8H,7,9H2,1-2H3. The summed E-state index contributed by atoms with van der Waals surface area (Å²) in [5.74, 6) is -0.220. The molecule has 21 heavy (non-hydrogen) atoms. The second-order valence-electron chi connectivity index (χ2n) is 4.62. The normalized spacial score (nSPS) is 10.9. The van der Waals surface area contributed by atoms with Gasteiger partial charge in [-0.3, -0.25) is 19.7 Å². The van der Waals surface area contributed by atoms with Crippen LogP contribution in [0, 0.1) is 15.9 Å². The molecule has 0 unspecified atom stereocenters. The van der Waals surface area contributed by atoms with Crippen LogP contribution >= 0.6 is 0 Å². The van der Waals surface area contributed by atoms with Gasteiger partial charge < -0.3 is 4.74 Å². The van der Waals surface area contributed by atoms with Crippen LogP contribution in [0.15, 0.2) is 30.6 Å². The average molecular weight is 294 g/mol. The van der Waals surface area contributed by atoms with E-state index in [0.717, 1.165) is 5.56 Å². The molecule has 0 amide bonds. The molecule has 0 aliphatic heterocycles. The number of benzene rings is 1. The molecule has 0 atom stereocenters. The highest BCUT2D eigenvalue weighted by Crippen LogP contribution is 2.18. The van der Waals surface area contributed by atoms with Crippen molar-refractivity contribution in [3.63, 3.8) is 0 Å². The Bertz CT molecular complexity index is 644. The van der Waals surface area contributed by atoms with Crippen LogP contribution in [0.1, 0.15) is 5.56 Å². The van der Waals surface area contributed by atoms with Crippen LogP contribution < -0.4 is 4.74 Å².